The molecule has 0 N–H and O–H groups in total. The number of aryl methyl sites for hydroxylation is 1. The number of fused-ring (bicyclic) bond motifs is 3. The molecule has 0 radical (unpaired) electrons. The number of halogens is 1. The highest BCUT2D eigenvalue weighted by atomic mass is 79.9. The molecular weight excluding hydrogens is 434 g/mol. The van der Waals surface area contributed by atoms with E-state index in [-0.39, 0.29) is 18.0 Å². The summed E-state index contributed by atoms with van der Waals surface area (Å²) in [4.78, 5) is 30.1. The van der Waals surface area contributed by atoms with Crippen molar-refractivity contribution in [3.8, 4) is 5.69 Å². The van der Waals surface area contributed by atoms with Gasteiger partial charge < -0.3 is 4.90 Å². The lowest BCUT2D eigenvalue weighted by Crippen LogP contribution is -2.28. The molecule has 0 fully saturated rings. The molecule has 0 saturated carbocycles. The second kappa shape index (κ2) is 7.96. The maximum Gasteiger partial charge on any atom is 0.350 e. The van der Waals surface area contributed by atoms with E-state index in [1.165, 1.54) is 4.68 Å². The van der Waals surface area contributed by atoms with E-state index < -0.39 is 0 Å². The Balaban J connectivity index is 1.84. The Hall–Kier alpha value is -2.71. The Bertz CT molecular complexity index is 1100. The number of carbonyl (C=O) groups is 1. The van der Waals surface area contributed by atoms with Gasteiger partial charge in [-0.2, -0.15) is 5.10 Å². The Labute approximate surface area is 177 Å². The van der Waals surface area contributed by atoms with Crippen molar-refractivity contribution in [3.05, 3.63) is 69.3 Å². The molecule has 0 atom stereocenters. The largest absolute Gasteiger partial charge is 0.350 e. The van der Waals surface area contributed by atoms with Gasteiger partial charge in [0.05, 0.1) is 17.8 Å². The van der Waals surface area contributed by atoms with Crippen molar-refractivity contribution in [2.45, 2.75) is 19.4 Å². The summed E-state index contributed by atoms with van der Waals surface area (Å²) in [7, 11) is 3.99. The lowest BCUT2D eigenvalue weighted by molar-refractivity contribution is -0.117. The average molecular weight is 456 g/mol. The molecule has 29 heavy (non-hydrogen) atoms. The molecule has 150 valence electrons. The van der Waals surface area contributed by atoms with Crippen molar-refractivity contribution < 1.29 is 4.79 Å². The molecule has 3 aromatic rings. The minimum atomic E-state index is -0.218. The first kappa shape index (κ1) is 19.6. The second-order valence-electron chi connectivity index (χ2n) is 7.29. The van der Waals surface area contributed by atoms with Crippen molar-refractivity contribution >= 4 is 33.2 Å². The zero-order chi connectivity index (χ0) is 20.5. The molecule has 1 amide bonds. The zero-order valence-corrected chi connectivity index (χ0v) is 18.0. The average Bonchev–Trinajstić information content (AvgIpc) is 2.91. The summed E-state index contributed by atoms with van der Waals surface area (Å²) in [5.74, 6) is 0.339. The predicted molar refractivity (Wildman–Crippen MR) is 116 cm³/mol. The molecular formula is C21H22BrN5O2. The molecule has 4 rings (SSSR count). The zero-order valence-electron chi connectivity index (χ0n) is 16.4. The van der Waals surface area contributed by atoms with Gasteiger partial charge in [-0.25, -0.2) is 14.0 Å². The van der Waals surface area contributed by atoms with Gasteiger partial charge in [-0.15, -0.1) is 0 Å². The van der Waals surface area contributed by atoms with Crippen LogP contribution in [0.15, 0.2) is 57.8 Å². The normalized spacial score (nSPS) is 13.4. The first-order valence-electron chi connectivity index (χ1n) is 9.47. The molecule has 7 nitrogen and oxygen atoms in total. The number of hydrogen-bond donors (Lipinski definition) is 0. The van der Waals surface area contributed by atoms with Crippen molar-refractivity contribution in [2.75, 3.05) is 25.5 Å². The minimum Gasteiger partial charge on any atom is -0.309 e. The fraction of sp³-hybridized carbons (Fsp3) is 0.286. The van der Waals surface area contributed by atoms with Gasteiger partial charge in [0.15, 0.2) is 0 Å². The van der Waals surface area contributed by atoms with Crippen LogP contribution in [0.25, 0.3) is 5.69 Å². The number of rotatable bonds is 5. The second-order valence-corrected chi connectivity index (χ2v) is 8.20. The van der Waals surface area contributed by atoms with Crippen LogP contribution in [-0.4, -0.2) is 45.8 Å². The molecule has 0 aliphatic carbocycles. The van der Waals surface area contributed by atoms with Crippen LogP contribution in [0, 0.1) is 0 Å². The van der Waals surface area contributed by atoms with Crippen molar-refractivity contribution in [3.63, 3.8) is 0 Å². The van der Waals surface area contributed by atoms with E-state index in [0.717, 1.165) is 23.1 Å². The standard InChI is InChI=1S/C21H22BrN5O2/c1-24(2)11-6-12-25-21(29)27-17-10-9-15(22)13-18(17)26(16-7-4-3-5-8-16)20(28)14-19(27)23-25/h3-5,7-10,13H,6,11-12,14H2,1-2H3. The summed E-state index contributed by atoms with van der Waals surface area (Å²) in [5.41, 5.74) is 1.85. The summed E-state index contributed by atoms with van der Waals surface area (Å²) >= 11 is 3.50. The fourth-order valence-corrected chi connectivity index (χ4v) is 3.91. The van der Waals surface area contributed by atoms with E-state index in [4.69, 9.17) is 0 Å². The maximum absolute atomic E-state index is 13.2. The Morgan fingerprint density at radius 1 is 1.07 bits per heavy atom. The third kappa shape index (κ3) is 3.77. The molecule has 0 unspecified atom stereocenters. The monoisotopic (exact) mass is 455 g/mol. The number of carbonyl (C=O) groups excluding carboxylic acids is 1. The highest BCUT2D eigenvalue weighted by molar-refractivity contribution is 9.10. The SMILES string of the molecule is CN(C)CCCn1nc2n(c1=O)-c1ccc(Br)cc1N(c1ccccc1)C(=O)C2. The molecule has 0 spiro atoms. The summed E-state index contributed by atoms with van der Waals surface area (Å²) in [6, 6.07) is 15.0. The number of nitrogens with zero attached hydrogens (tertiary/aromatic N) is 5. The molecule has 2 aromatic carbocycles. The van der Waals surface area contributed by atoms with Gasteiger partial charge in [0.2, 0.25) is 5.91 Å². The van der Waals surface area contributed by atoms with Gasteiger partial charge in [-0.3, -0.25) is 9.69 Å². The highest BCUT2D eigenvalue weighted by Crippen LogP contribution is 2.35. The van der Waals surface area contributed by atoms with Crippen LogP contribution in [-0.2, 0) is 17.8 Å². The number of para-hydroxylation sites is 1. The van der Waals surface area contributed by atoms with Crippen LogP contribution in [0.2, 0.25) is 0 Å². The Kier molecular flexibility index (Phi) is 5.38. The van der Waals surface area contributed by atoms with Crippen molar-refractivity contribution in [2.24, 2.45) is 0 Å². The van der Waals surface area contributed by atoms with Gasteiger partial charge in [0, 0.05) is 16.7 Å². The summed E-state index contributed by atoms with van der Waals surface area (Å²) in [6.45, 7) is 1.37. The smallest absolute Gasteiger partial charge is 0.309 e. The number of aromatic nitrogens is 3. The molecule has 0 saturated heterocycles. The number of amides is 1. The van der Waals surface area contributed by atoms with Crippen LogP contribution < -0.4 is 10.6 Å². The number of benzene rings is 2. The highest BCUT2D eigenvalue weighted by Gasteiger charge is 2.30. The van der Waals surface area contributed by atoms with Crippen LogP contribution in [0.4, 0.5) is 11.4 Å². The van der Waals surface area contributed by atoms with Crippen LogP contribution >= 0.6 is 15.9 Å². The fourth-order valence-electron chi connectivity index (χ4n) is 3.57. The van der Waals surface area contributed by atoms with Crippen molar-refractivity contribution in [1.29, 1.82) is 0 Å². The summed E-state index contributed by atoms with van der Waals surface area (Å²) in [5, 5.41) is 4.50. The van der Waals surface area contributed by atoms with E-state index in [1.807, 2.05) is 62.6 Å². The van der Waals surface area contributed by atoms with E-state index in [0.29, 0.717) is 23.7 Å². The van der Waals surface area contributed by atoms with E-state index in [9.17, 15) is 9.59 Å². The van der Waals surface area contributed by atoms with Crippen LogP contribution in [0.3, 0.4) is 0 Å². The molecule has 0 bridgehead atoms. The molecule has 2 heterocycles. The van der Waals surface area contributed by atoms with E-state index in [2.05, 4.69) is 25.9 Å². The Morgan fingerprint density at radius 2 is 1.83 bits per heavy atom. The van der Waals surface area contributed by atoms with Crippen LogP contribution in [0.5, 0.6) is 0 Å². The topological polar surface area (TPSA) is 63.4 Å². The minimum absolute atomic E-state index is 0.0527. The Morgan fingerprint density at radius 3 is 2.55 bits per heavy atom. The van der Waals surface area contributed by atoms with Gasteiger partial charge in [0.25, 0.3) is 0 Å². The third-order valence-corrected chi connectivity index (χ3v) is 5.37. The molecule has 1 aliphatic rings. The van der Waals surface area contributed by atoms with E-state index in [1.54, 1.807) is 9.47 Å². The predicted octanol–water partition coefficient (Wildman–Crippen LogP) is 2.97. The molecule has 8 heteroatoms. The van der Waals surface area contributed by atoms with Gasteiger partial charge in [-0.05, 0) is 57.4 Å². The van der Waals surface area contributed by atoms with Gasteiger partial charge in [-0.1, -0.05) is 34.1 Å². The number of anilines is 2. The first-order valence-corrected chi connectivity index (χ1v) is 10.3. The third-order valence-electron chi connectivity index (χ3n) is 4.87. The van der Waals surface area contributed by atoms with Gasteiger partial charge >= 0.3 is 5.69 Å². The lowest BCUT2D eigenvalue weighted by Gasteiger charge is -2.23. The molecule has 1 aliphatic heterocycles. The molecule has 1 aromatic heterocycles. The summed E-state index contributed by atoms with van der Waals surface area (Å²) in [6.07, 6.45) is 0.859. The summed E-state index contributed by atoms with van der Waals surface area (Å²) < 4.78 is 3.87. The van der Waals surface area contributed by atoms with Crippen molar-refractivity contribution in [1.82, 2.24) is 19.2 Å². The van der Waals surface area contributed by atoms with Gasteiger partial charge in [0.1, 0.15) is 5.82 Å². The quantitative estimate of drug-likeness (QED) is 0.593. The first-order chi connectivity index (χ1) is 14.0. The van der Waals surface area contributed by atoms with Crippen LogP contribution in [0.1, 0.15) is 12.2 Å². The number of hydrogen-bond acceptors (Lipinski definition) is 4. The maximum atomic E-state index is 13.2. The van der Waals surface area contributed by atoms with E-state index >= 15 is 0 Å². The lowest BCUT2D eigenvalue weighted by atomic mass is 10.2.